The first-order chi connectivity index (χ1) is 28.3. The van der Waals surface area contributed by atoms with E-state index in [2.05, 4.69) is 199 Å². The van der Waals surface area contributed by atoms with Gasteiger partial charge in [0.2, 0.25) is 0 Å². The van der Waals surface area contributed by atoms with Crippen molar-refractivity contribution in [3.8, 4) is 39.9 Å². The number of hydrogen-bond acceptors (Lipinski definition) is 3. The van der Waals surface area contributed by atoms with Crippen LogP contribution in [0.5, 0.6) is 0 Å². The SMILES string of the molecule is c1ccc(-n2c3ccccc3c3c4c5ccccc5c(-c5nc(-c6ccc7ccccc7c6)nc(-c6ccc7ccccc7c6)n5)cc4c4ccccc4c32)cc1. The molecule has 4 nitrogen and oxygen atoms in total. The van der Waals surface area contributed by atoms with Gasteiger partial charge in [0.1, 0.15) is 0 Å². The highest BCUT2D eigenvalue weighted by Crippen LogP contribution is 2.46. The molecule has 0 spiro atoms. The second kappa shape index (κ2) is 12.4. The largest absolute Gasteiger partial charge is 0.309 e. The van der Waals surface area contributed by atoms with Gasteiger partial charge in [0, 0.05) is 43.9 Å². The summed E-state index contributed by atoms with van der Waals surface area (Å²) in [5, 5.41) is 14.2. The highest BCUT2D eigenvalue weighted by molar-refractivity contribution is 6.37. The van der Waals surface area contributed by atoms with E-state index in [1.165, 1.54) is 54.1 Å². The summed E-state index contributed by atoms with van der Waals surface area (Å²) in [6.45, 7) is 0. The van der Waals surface area contributed by atoms with Gasteiger partial charge >= 0.3 is 0 Å². The number of aromatic nitrogens is 4. The molecule has 0 bridgehead atoms. The van der Waals surface area contributed by atoms with Crippen LogP contribution in [-0.2, 0) is 0 Å². The molecule has 0 aliphatic carbocycles. The van der Waals surface area contributed by atoms with Crippen molar-refractivity contribution >= 4 is 75.7 Å². The molecule has 12 rings (SSSR count). The van der Waals surface area contributed by atoms with Crippen molar-refractivity contribution in [3.63, 3.8) is 0 Å². The van der Waals surface area contributed by atoms with Crippen LogP contribution in [0.15, 0.2) is 194 Å². The number of hydrogen-bond donors (Lipinski definition) is 0. The maximum absolute atomic E-state index is 5.34. The minimum atomic E-state index is 0.643. The van der Waals surface area contributed by atoms with E-state index in [9.17, 15) is 0 Å². The van der Waals surface area contributed by atoms with Crippen LogP contribution in [0.25, 0.3) is 116 Å². The Morgan fingerprint density at radius 1 is 0.316 bits per heavy atom. The van der Waals surface area contributed by atoms with Crippen LogP contribution in [-0.4, -0.2) is 19.5 Å². The molecular formula is C53H32N4. The Labute approximate surface area is 328 Å². The van der Waals surface area contributed by atoms with Crippen molar-refractivity contribution in [2.75, 3.05) is 0 Å². The van der Waals surface area contributed by atoms with Gasteiger partial charge in [-0.05, 0) is 79.5 Å². The normalized spacial score (nSPS) is 11.9. The lowest BCUT2D eigenvalue weighted by Crippen LogP contribution is -2.01. The van der Waals surface area contributed by atoms with Crippen LogP contribution in [0.2, 0.25) is 0 Å². The second-order valence-electron chi connectivity index (χ2n) is 14.8. The predicted octanol–water partition coefficient (Wildman–Crippen LogP) is 13.7. The molecule has 0 saturated carbocycles. The summed E-state index contributed by atoms with van der Waals surface area (Å²) in [7, 11) is 0. The molecule has 12 aromatic rings. The topological polar surface area (TPSA) is 43.6 Å². The lowest BCUT2D eigenvalue weighted by atomic mass is 9.90. The Kier molecular flexibility index (Phi) is 6.89. The first-order valence-electron chi connectivity index (χ1n) is 19.4. The number of rotatable bonds is 4. The molecule has 2 aromatic heterocycles. The molecule has 0 unspecified atom stereocenters. The van der Waals surface area contributed by atoms with Crippen molar-refractivity contribution in [1.82, 2.24) is 19.5 Å². The maximum atomic E-state index is 5.34. The van der Waals surface area contributed by atoms with Gasteiger partial charge in [0.25, 0.3) is 0 Å². The number of fused-ring (bicyclic) bond motifs is 12. The number of nitrogens with zero attached hydrogens (tertiary/aromatic N) is 4. The molecule has 0 N–H and O–H groups in total. The van der Waals surface area contributed by atoms with Crippen LogP contribution in [0.1, 0.15) is 0 Å². The first-order valence-corrected chi connectivity index (χ1v) is 19.4. The zero-order chi connectivity index (χ0) is 37.5. The third-order valence-corrected chi connectivity index (χ3v) is 11.5. The Morgan fingerprint density at radius 3 is 1.49 bits per heavy atom. The van der Waals surface area contributed by atoms with E-state index in [1.807, 2.05) is 0 Å². The van der Waals surface area contributed by atoms with Gasteiger partial charge in [-0.2, -0.15) is 0 Å². The molecule has 10 aromatic carbocycles. The van der Waals surface area contributed by atoms with Crippen LogP contribution >= 0.6 is 0 Å². The highest BCUT2D eigenvalue weighted by Gasteiger charge is 2.23. The number of benzene rings is 10. The van der Waals surface area contributed by atoms with Crippen LogP contribution in [0.3, 0.4) is 0 Å². The molecule has 4 heteroatoms. The third-order valence-electron chi connectivity index (χ3n) is 11.5. The molecule has 0 radical (unpaired) electrons. The average molecular weight is 725 g/mol. The van der Waals surface area contributed by atoms with Crippen molar-refractivity contribution in [3.05, 3.63) is 194 Å². The molecule has 0 aliphatic heterocycles. The van der Waals surface area contributed by atoms with Gasteiger partial charge in [-0.3, -0.25) is 0 Å². The Bertz CT molecular complexity index is 3490. The van der Waals surface area contributed by atoms with Crippen LogP contribution < -0.4 is 0 Å². The Hall–Kier alpha value is -7.69. The van der Waals surface area contributed by atoms with Crippen molar-refractivity contribution < 1.29 is 0 Å². The molecule has 0 aliphatic rings. The van der Waals surface area contributed by atoms with Gasteiger partial charge in [-0.15, -0.1) is 0 Å². The van der Waals surface area contributed by atoms with E-state index < -0.39 is 0 Å². The zero-order valence-corrected chi connectivity index (χ0v) is 30.8. The van der Waals surface area contributed by atoms with Gasteiger partial charge in [-0.1, -0.05) is 158 Å². The summed E-state index contributed by atoms with van der Waals surface area (Å²) in [6.07, 6.45) is 0. The summed E-state index contributed by atoms with van der Waals surface area (Å²) in [4.78, 5) is 15.9. The van der Waals surface area contributed by atoms with E-state index >= 15 is 0 Å². The molecule has 2 heterocycles. The Balaban J connectivity index is 1.20. The summed E-state index contributed by atoms with van der Waals surface area (Å²) in [6, 6.07) is 69.2. The molecule has 264 valence electrons. The van der Waals surface area contributed by atoms with E-state index in [-0.39, 0.29) is 0 Å². The molecule has 0 amide bonds. The van der Waals surface area contributed by atoms with Crippen molar-refractivity contribution in [1.29, 1.82) is 0 Å². The molecule has 0 fully saturated rings. The van der Waals surface area contributed by atoms with Gasteiger partial charge in [0.05, 0.1) is 11.0 Å². The molecule has 0 saturated heterocycles. The quantitative estimate of drug-likeness (QED) is 0.170. The summed E-state index contributed by atoms with van der Waals surface area (Å²) in [5.74, 6) is 1.93. The number of para-hydroxylation sites is 2. The summed E-state index contributed by atoms with van der Waals surface area (Å²) >= 11 is 0. The van der Waals surface area contributed by atoms with Crippen LogP contribution in [0.4, 0.5) is 0 Å². The fraction of sp³-hybridized carbons (Fsp3) is 0. The van der Waals surface area contributed by atoms with Gasteiger partial charge in [-0.25, -0.2) is 15.0 Å². The van der Waals surface area contributed by atoms with Gasteiger partial charge < -0.3 is 4.57 Å². The molecule has 57 heavy (non-hydrogen) atoms. The maximum Gasteiger partial charge on any atom is 0.164 e. The van der Waals surface area contributed by atoms with Crippen molar-refractivity contribution in [2.24, 2.45) is 0 Å². The van der Waals surface area contributed by atoms with Crippen LogP contribution in [0, 0.1) is 0 Å². The first kappa shape index (κ1) is 31.6. The van der Waals surface area contributed by atoms with E-state index in [1.54, 1.807) is 0 Å². The van der Waals surface area contributed by atoms with E-state index in [4.69, 9.17) is 15.0 Å². The van der Waals surface area contributed by atoms with Gasteiger partial charge in [0.15, 0.2) is 17.5 Å². The molecular weight excluding hydrogens is 693 g/mol. The fourth-order valence-corrected chi connectivity index (χ4v) is 8.97. The highest BCUT2D eigenvalue weighted by atomic mass is 15.0. The fourth-order valence-electron chi connectivity index (χ4n) is 8.97. The lowest BCUT2D eigenvalue weighted by Gasteiger charge is -2.16. The zero-order valence-electron chi connectivity index (χ0n) is 30.8. The molecule has 0 atom stereocenters. The minimum Gasteiger partial charge on any atom is -0.309 e. The lowest BCUT2D eigenvalue weighted by molar-refractivity contribution is 1.08. The van der Waals surface area contributed by atoms with E-state index in [0.29, 0.717) is 17.5 Å². The average Bonchev–Trinajstić information content (AvgIpc) is 3.64. The Morgan fingerprint density at radius 2 is 0.825 bits per heavy atom. The van der Waals surface area contributed by atoms with Crippen molar-refractivity contribution in [2.45, 2.75) is 0 Å². The predicted molar refractivity (Wildman–Crippen MR) is 238 cm³/mol. The third kappa shape index (κ3) is 4.91. The summed E-state index contributed by atoms with van der Waals surface area (Å²) in [5.41, 5.74) is 6.40. The van der Waals surface area contributed by atoms with E-state index in [0.717, 1.165) is 43.9 Å². The minimum absolute atomic E-state index is 0.643. The monoisotopic (exact) mass is 724 g/mol. The summed E-state index contributed by atoms with van der Waals surface area (Å²) < 4.78 is 2.44. The smallest absolute Gasteiger partial charge is 0.164 e. The standard InChI is InChI=1S/C53H32N4/c1-2-18-39(19-3-1)57-47-25-13-12-24-44(47)49-48-42-22-10-8-20-40(42)46(32-45(48)41-21-9-11-23-43(41)50(49)57)53-55-51(37-28-26-33-14-4-6-16-35(33)30-37)54-52(56-53)38-29-27-34-15-5-7-17-36(34)31-38/h1-32H. The second-order valence-corrected chi connectivity index (χ2v) is 14.8.